The van der Waals surface area contributed by atoms with Gasteiger partial charge in [-0.2, -0.15) is 0 Å². The smallest absolute Gasteiger partial charge is 0.320 e. The standard InChI is InChI=1S/C18H30O4/c1-4-7-8-9-10-11-12-13-14-15-16(17(19)21-5-2)18(20)22-6-3/h10-11,13-14,16H,4-9,12,15H2,1-3H3/b11-10-,14-13+. The summed E-state index contributed by atoms with van der Waals surface area (Å²) in [6.07, 6.45) is 14.0. The number of ether oxygens (including phenoxy) is 2. The van der Waals surface area contributed by atoms with E-state index >= 15 is 0 Å². The first-order valence-electron chi connectivity index (χ1n) is 8.30. The molecule has 0 bridgehead atoms. The number of allylic oxidation sites excluding steroid dienone is 4. The number of esters is 2. The molecule has 0 N–H and O–H groups in total. The summed E-state index contributed by atoms with van der Waals surface area (Å²) in [7, 11) is 0. The lowest BCUT2D eigenvalue weighted by atomic mass is 10.1. The minimum absolute atomic E-state index is 0.263. The highest BCUT2D eigenvalue weighted by Gasteiger charge is 2.27. The monoisotopic (exact) mass is 310 g/mol. The fourth-order valence-electron chi connectivity index (χ4n) is 1.91. The van der Waals surface area contributed by atoms with Crippen molar-refractivity contribution in [1.29, 1.82) is 0 Å². The molecule has 0 spiro atoms. The molecule has 0 fully saturated rings. The second-order valence-electron chi connectivity index (χ2n) is 4.97. The van der Waals surface area contributed by atoms with Crippen LogP contribution < -0.4 is 0 Å². The predicted octanol–water partition coefficient (Wildman–Crippen LogP) is 4.20. The highest BCUT2D eigenvalue weighted by atomic mass is 16.6. The largest absolute Gasteiger partial charge is 0.465 e. The van der Waals surface area contributed by atoms with Crippen molar-refractivity contribution in [2.45, 2.75) is 59.3 Å². The average Bonchev–Trinajstić information content (AvgIpc) is 2.49. The summed E-state index contributed by atoms with van der Waals surface area (Å²) in [6, 6.07) is 0. The number of hydrogen-bond donors (Lipinski definition) is 0. The van der Waals surface area contributed by atoms with Gasteiger partial charge in [0.25, 0.3) is 0 Å². The fraction of sp³-hybridized carbons (Fsp3) is 0.667. The summed E-state index contributed by atoms with van der Waals surface area (Å²) in [5.41, 5.74) is 0. The van der Waals surface area contributed by atoms with Crippen LogP contribution in [0.25, 0.3) is 0 Å². The lowest BCUT2D eigenvalue weighted by Gasteiger charge is -2.12. The minimum Gasteiger partial charge on any atom is -0.465 e. The zero-order valence-corrected chi connectivity index (χ0v) is 14.2. The van der Waals surface area contributed by atoms with Crippen LogP contribution in [0.4, 0.5) is 0 Å². The van der Waals surface area contributed by atoms with E-state index in [0.29, 0.717) is 6.42 Å². The summed E-state index contributed by atoms with van der Waals surface area (Å²) >= 11 is 0. The van der Waals surface area contributed by atoms with Crippen LogP contribution in [0.3, 0.4) is 0 Å². The molecule has 0 aromatic rings. The summed E-state index contributed by atoms with van der Waals surface area (Å²) < 4.78 is 9.83. The van der Waals surface area contributed by atoms with Crippen molar-refractivity contribution in [3.05, 3.63) is 24.3 Å². The number of hydrogen-bond acceptors (Lipinski definition) is 4. The van der Waals surface area contributed by atoms with Crippen LogP contribution in [0.5, 0.6) is 0 Å². The average molecular weight is 310 g/mol. The fourth-order valence-corrected chi connectivity index (χ4v) is 1.91. The van der Waals surface area contributed by atoms with Crippen LogP contribution in [0.15, 0.2) is 24.3 Å². The molecule has 0 radical (unpaired) electrons. The summed E-state index contributed by atoms with van der Waals surface area (Å²) in [4.78, 5) is 23.5. The minimum atomic E-state index is -0.857. The van der Waals surface area contributed by atoms with Gasteiger partial charge in [0.05, 0.1) is 13.2 Å². The molecule has 0 atom stereocenters. The Hall–Kier alpha value is -1.58. The second kappa shape index (κ2) is 14.4. The Bertz CT molecular complexity index is 340. The lowest BCUT2D eigenvalue weighted by Crippen LogP contribution is -2.27. The zero-order valence-electron chi connectivity index (χ0n) is 14.2. The van der Waals surface area contributed by atoms with Gasteiger partial charge in [-0.25, -0.2) is 0 Å². The molecule has 0 aromatic carbocycles. The Labute approximate surface area is 134 Å². The molecule has 0 aliphatic rings. The van der Waals surface area contributed by atoms with Crippen molar-refractivity contribution in [3.8, 4) is 0 Å². The van der Waals surface area contributed by atoms with Crippen molar-refractivity contribution in [2.24, 2.45) is 5.92 Å². The van der Waals surface area contributed by atoms with Gasteiger partial charge in [0.2, 0.25) is 0 Å². The maximum absolute atomic E-state index is 11.8. The SMILES string of the molecule is CCCCC/C=C\C/C=C/CC(C(=O)OCC)C(=O)OCC. The highest BCUT2D eigenvalue weighted by Crippen LogP contribution is 2.10. The van der Waals surface area contributed by atoms with E-state index in [1.54, 1.807) is 13.8 Å². The Balaban J connectivity index is 4.18. The van der Waals surface area contributed by atoms with E-state index in [1.807, 2.05) is 12.2 Å². The molecular formula is C18H30O4. The third-order valence-corrected chi connectivity index (χ3v) is 3.09. The second-order valence-corrected chi connectivity index (χ2v) is 4.97. The Morgan fingerprint density at radius 3 is 2.00 bits per heavy atom. The van der Waals surface area contributed by atoms with Crippen LogP contribution in [-0.4, -0.2) is 25.2 Å². The normalized spacial score (nSPS) is 11.5. The molecule has 0 rings (SSSR count). The van der Waals surface area contributed by atoms with Gasteiger partial charge in [-0.1, -0.05) is 44.1 Å². The highest BCUT2D eigenvalue weighted by molar-refractivity contribution is 5.95. The molecule has 0 aromatic heterocycles. The topological polar surface area (TPSA) is 52.6 Å². The third kappa shape index (κ3) is 10.2. The van der Waals surface area contributed by atoms with Gasteiger partial charge >= 0.3 is 11.9 Å². The third-order valence-electron chi connectivity index (χ3n) is 3.09. The lowest BCUT2D eigenvalue weighted by molar-refractivity contribution is -0.161. The van der Waals surface area contributed by atoms with Gasteiger partial charge in [0.1, 0.15) is 0 Å². The molecule has 126 valence electrons. The van der Waals surface area contributed by atoms with Gasteiger partial charge in [0, 0.05) is 0 Å². The van der Waals surface area contributed by atoms with E-state index in [1.165, 1.54) is 19.3 Å². The first-order chi connectivity index (χ1) is 10.7. The number of carbonyl (C=O) groups excluding carboxylic acids is 2. The molecule has 0 amide bonds. The van der Waals surface area contributed by atoms with E-state index in [4.69, 9.17) is 9.47 Å². The molecule has 0 saturated carbocycles. The summed E-state index contributed by atoms with van der Waals surface area (Å²) in [5, 5.41) is 0. The molecular weight excluding hydrogens is 280 g/mol. The molecule has 4 nitrogen and oxygen atoms in total. The van der Waals surface area contributed by atoms with Gasteiger partial charge in [-0.3, -0.25) is 9.59 Å². The molecule has 0 aliphatic heterocycles. The van der Waals surface area contributed by atoms with E-state index < -0.39 is 17.9 Å². The van der Waals surface area contributed by atoms with E-state index in [-0.39, 0.29) is 13.2 Å². The predicted molar refractivity (Wildman–Crippen MR) is 88.4 cm³/mol. The van der Waals surface area contributed by atoms with Gasteiger partial charge in [0.15, 0.2) is 5.92 Å². The number of carbonyl (C=O) groups is 2. The zero-order chi connectivity index (χ0) is 16.6. The van der Waals surface area contributed by atoms with Crippen molar-refractivity contribution in [3.63, 3.8) is 0 Å². The number of rotatable bonds is 12. The van der Waals surface area contributed by atoms with Crippen molar-refractivity contribution in [2.75, 3.05) is 13.2 Å². The first-order valence-corrected chi connectivity index (χ1v) is 8.30. The molecule has 0 unspecified atom stereocenters. The Morgan fingerprint density at radius 2 is 1.45 bits per heavy atom. The van der Waals surface area contributed by atoms with Crippen LogP contribution >= 0.6 is 0 Å². The van der Waals surface area contributed by atoms with E-state index in [0.717, 1.165) is 12.8 Å². The maximum atomic E-state index is 11.8. The van der Waals surface area contributed by atoms with Gasteiger partial charge in [-0.15, -0.1) is 0 Å². The number of unbranched alkanes of at least 4 members (excludes halogenated alkanes) is 3. The molecule has 0 aliphatic carbocycles. The van der Waals surface area contributed by atoms with Crippen LogP contribution in [0, 0.1) is 5.92 Å². The first kappa shape index (κ1) is 20.4. The Kier molecular flexibility index (Phi) is 13.3. The van der Waals surface area contributed by atoms with Crippen LogP contribution in [-0.2, 0) is 19.1 Å². The van der Waals surface area contributed by atoms with Crippen LogP contribution in [0.1, 0.15) is 59.3 Å². The maximum Gasteiger partial charge on any atom is 0.320 e. The van der Waals surface area contributed by atoms with Crippen molar-refractivity contribution >= 4 is 11.9 Å². The van der Waals surface area contributed by atoms with Crippen molar-refractivity contribution < 1.29 is 19.1 Å². The summed E-state index contributed by atoms with van der Waals surface area (Å²) in [6.45, 7) is 6.16. The molecule has 0 saturated heterocycles. The molecule has 0 heterocycles. The Morgan fingerprint density at radius 1 is 0.864 bits per heavy atom. The van der Waals surface area contributed by atoms with E-state index in [9.17, 15) is 9.59 Å². The van der Waals surface area contributed by atoms with Crippen molar-refractivity contribution in [1.82, 2.24) is 0 Å². The van der Waals surface area contributed by atoms with Crippen LogP contribution in [0.2, 0.25) is 0 Å². The van der Waals surface area contributed by atoms with Gasteiger partial charge < -0.3 is 9.47 Å². The molecule has 22 heavy (non-hydrogen) atoms. The molecule has 4 heteroatoms. The van der Waals surface area contributed by atoms with E-state index in [2.05, 4.69) is 19.1 Å². The van der Waals surface area contributed by atoms with Gasteiger partial charge in [-0.05, 0) is 39.5 Å². The quantitative estimate of drug-likeness (QED) is 0.235. The summed E-state index contributed by atoms with van der Waals surface area (Å²) in [5.74, 6) is -1.88.